The van der Waals surface area contributed by atoms with Crippen molar-refractivity contribution in [2.75, 3.05) is 19.8 Å². The first kappa shape index (κ1) is 31.4. The summed E-state index contributed by atoms with van der Waals surface area (Å²) in [7, 11) is 0. The molecule has 1 atom stereocenters. The van der Waals surface area contributed by atoms with Gasteiger partial charge in [0, 0.05) is 6.42 Å². The van der Waals surface area contributed by atoms with Crippen molar-refractivity contribution >= 4 is 40.2 Å². The fraction of sp³-hybridized carbons (Fsp3) is 0.344. The molecule has 4 rings (SSSR count). The molecule has 0 spiro atoms. The molecule has 10 nitrogen and oxygen atoms in total. The van der Waals surface area contributed by atoms with Gasteiger partial charge in [0.2, 0.25) is 11.8 Å². The predicted octanol–water partition coefficient (Wildman–Crippen LogP) is 5.27. The Labute approximate surface area is 254 Å². The highest BCUT2D eigenvalue weighted by Gasteiger charge is 2.23. The van der Waals surface area contributed by atoms with E-state index in [0.717, 1.165) is 32.7 Å². The zero-order valence-corrected chi connectivity index (χ0v) is 25.3. The van der Waals surface area contributed by atoms with E-state index in [1.54, 1.807) is 49.4 Å². The normalized spacial score (nSPS) is 11.5. The molecule has 2 aromatic carbocycles. The fourth-order valence-corrected chi connectivity index (χ4v) is 4.98. The molecule has 0 aliphatic rings. The molecule has 0 aliphatic carbocycles. The molecule has 1 N–H and O–H groups in total. The highest BCUT2D eigenvalue weighted by Crippen LogP contribution is 2.32. The summed E-state index contributed by atoms with van der Waals surface area (Å²) in [5.74, 6) is -0.237. The second-order valence-electron chi connectivity index (χ2n) is 9.44. The van der Waals surface area contributed by atoms with E-state index in [9.17, 15) is 14.4 Å². The van der Waals surface area contributed by atoms with Crippen LogP contribution in [0, 0.1) is 0 Å². The fourth-order valence-electron chi connectivity index (χ4n) is 4.27. The van der Waals surface area contributed by atoms with Crippen molar-refractivity contribution in [2.45, 2.75) is 52.7 Å². The number of ether oxygens (including phenoxy) is 4. The number of carbonyl (C=O) groups excluding carboxylic acids is 3. The topological polar surface area (TPSA) is 126 Å². The minimum Gasteiger partial charge on any atom is -0.489 e. The maximum atomic E-state index is 12.7. The van der Waals surface area contributed by atoms with Crippen LogP contribution in [0.5, 0.6) is 11.6 Å². The second-order valence-corrected chi connectivity index (χ2v) is 10.4. The van der Waals surface area contributed by atoms with Gasteiger partial charge in [-0.15, -0.1) is 11.3 Å². The number of hydrogen-bond donors (Lipinski definition) is 1. The Balaban J connectivity index is 1.35. The molecule has 0 bridgehead atoms. The lowest BCUT2D eigenvalue weighted by atomic mass is 10.1. The SMILES string of the molecule is CCOC(=O)CCC(NC(=O)Cc1ccc(OCc2ccc3nc(-c4cccs4)c(OCC)nc3c2)cc1)C(=O)OCC. The molecule has 2 aromatic heterocycles. The standard InChI is InChI=1S/C32H35N3O7S/c1-4-39-29(37)16-15-25(32(38)41-6-3)33-28(36)19-21-9-12-23(13-10-21)42-20-22-11-14-24-26(18-22)35-31(40-5-2)30(34-24)27-8-7-17-43-27/h7-14,17-18,25H,4-6,15-16,19-20H2,1-3H3,(H,33,36). The van der Waals surface area contributed by atoms with Crippen LogP contribution in [0.4, 0.5) is 0 Å². The summed E-state index contributed by atoms with van der Waals surface area (Å²) >= 11 is 1.59. The summed E-state index contributed by atoms with van der Waals surface area (Å²) in [5.41, 5.74) is 3.88. The Kier molecular flexibility index (Phi) is 11.4. The average molecular weight is 606 g/mol. The van der Waals surface area contributed by atoms with Crippen LogP contribution in [0.15, 0.2) is 60.0 Å². The van der Waals surface area contributed by atoms with Crippen molar-refractivity contribution in [3.05, 3.63) is 71.1 Å². The van der Waals surface area contributed by atoms with E-state index >= 15 is 0 Å². The Hall–Kier alpha value is -4.51. The van der Waals surface area contributed by atoms with Gasteiger partial charge in [-0.1, -0.05) is 24.3 Å². The number of amides is 1. The summed E-state index contributed by atoms with van der Waals surface area (Å²) in [4.78, 5) is 47.2. The number of esters is 2. The number of rotatable bonds is 15. The summed E-state index contributed by atoms with van der Waals surface area (Å²) in [6.45, 7) is 6.52. The number of fused-ring (bicyclic) bond motifs is 1. The lowest BCUT2D eigenvalue weighted by molar-refractivity contribution is -0.148. The van der Waals surface area contributed by atoms with Gasteiger partial charge >= 0.3 is 11.9 Å². The predicted molar refractivity (Wildman–Crippen MR) is 163 cm³/mol. The number of benzene rings is 2. The minimum absolute atomic E-state index is 0.00269. The van der Waals surface area contributed by atoms with Crippen LogP contribution in [0.2, 0.25) is 0 Å². The highest BCUT2D eigenvalue weighted by atomic mass is 32.1. The number of thiophene rings is 1. The lowest BCUT2D eigenvalue weighted by Gasteiger charge is -2.17. The van der Waals surface area contributed by atoms with Crippen LogP contribution >= 0.6 is 11.3 Å². The van der Waals surface area contributed by atoms with Crippen molar-refractivity contribution in [3.63, 3.8) is 0 Å². The zero-order valence-electron chi connectivity index (χ0n) is 24.5. The summed E-state index contributed by atoms with van der Waals surface area (Å²) < 4.78 is 21.7. The van der Waals surface area contributed by atoms with Gasteiger partial charge in [0.1, 0.15) is 24.1 Å². The van der Waals surface area contributed by atoms with Gasteiger partial charge in [-0.05, 0) is 74.0 Å². The number of carbonyl (C=O) groups is 3. The van der Waals surface area contributed by atoms with Gasteiger partial charge in [0.05, 0.1) is 42.2 Å². The minimum atomic E-state index is -0.932. The molecule has 4 aromatic rings. The highest BCUT2D eigenvalue weighted by molar-refractivity contribution is 7.13. The maximum absolute atomic E-state index is 12.7. The molecule has 0 saturated heterocycles. The smallest absolute Gasteiger partial charge is 0.328 e. The van der Waals surface area contributed by atoms with Crippen LogP contribution in [-0.4, -0.2) is 53.7 Å². The molecule has 0 aliphatic heterocycles. The van der Waals surface area contributed by atoms with Gasteiger partial charge in [-0.2, -0.15) is 0 Å². The average Bonchev–Trinajstić information content (AvgIpc) is 3.54. The third-order valence-corrected chi connectivity index (χ3v) is 7.15. The van der Waals surface area contributed by atoms with Crippen LogP contribution in [-0.2, 0) is 36.9 Å². The third-order valence-electron chi connectivity index (χ3n) is 6.27. The molecule has 43 heavy (non-hydrogen) atoms. The second kappa shape index (κ2) is 15.6. The summed E-state index contributed by atoms with van der Waals surface area (Å²) in [6.07, 6.45) is 0.144. The molecule has 2 heterocycles. The first-order valence-electron chi connectivity index (χ1n) is 14.2. The quantitative estimate of drug-likeness (QED) is 0.180. The molecule has 0 radical (unpaired) electrons. The number of hydrogen-bond acceptors (Lipinski definition) is 10. The Morgan fingerprint density at radius 2 is 1.63 bits per heavy atom. The van der Waals surface area contributed by atoms with Crippen molar-refractivity contribution < 1.29 is 33.3 Å². The van der Waals surface area contributed by atoms with E-state index in [2.05, 4.69) is 5.32 Å². The number of nitrogens with zero attached hydrogens (tertiary/aromatic N) is 2. The van der Waals surface area contributed by atoms with Gasteiger partial charge in [0.15, 0.2) is 0 Å². The van der Waals surface area contributed by atoms with E-state index in [-0.39, 0.29) is 38.4 Å². The Morgan fingerprint density at radius 1 is 0.860 bits per heavy atom. The molecule has 11 heteroatoms. The van der Waals surface area contributed by atoms with Crippen molar-refractivity contribution in [1.82, 2.24) is 15.3 Å². The van der Waals surface area contributed by atoms with E-state index in [1.807, 2.05) is 42.6 Å². The largest absolute Gasteiger partial charge is 0.489 e. The van der Waals surface area contributed by atoms with Gasteiger partial charge in [-0.3, -0.25) is 9.59 Å². The number of aromatic nitrogens is 2. The van der Waals surface area contributed by atoms with Crippen molar-refractivity contribution in [3.8, 4) is 22.2 Å². The third kappa shape index (κ3) is 8.99. The summed E-state index contributed by atoms with van der Waals surface area (Å²) in [6, 6.07) is 16.0. The Morgan fingerprint density at radius 3 is 2.33 bits per heavy atom. The molecule has 1 unspecified atom stereocenters. The van der Waals surface area contributed by atoms with E-state index in [1.165, 1.54) is 0 Å². The van der Waals surface area contributed by atoms with Gasteiger partial charge in [-0.25, -0.2) is 14.8 Å². The summed E-state index contributed by atoms with van der Waals surface area (Å²) in [5, 5.41) is 4.67. The van der Waals surface area contributed by atoms with E-state index < -0.39 is 18.0 Å². The monoisotopic (exact) mass is 605 g/mol. The first-order chi connectivity index (χ1) is 20.9. The van der Waals surface area contributed by atoms with Crippen LogP contribution in [0.3, 0.4) is 0 Å². The zero-order chi connectivity index (χ0) is 30.6. The van der Waals surface area contributed by atoms with Crippen LogP contribution in [0.1, 0.15) is 44.7 Å². The molecule has 0 fully saturated rings. The van der Waals surface area contributed by atoms with E-state index in [4.69, 9.17) is 28.9 Å². The molecular weight excluding hydrogens is 570 g/mol. The molecule has 0 saturated carbocycles. The molecule has 1 amide bonds. The Bertz CT molecular complexity index is 1520. The van der Waals surface area contributed by atoms with Crippen molar-refractivity contribution in [1.29, 1.82) is 0 Å². The molecule has 226 valence electrons. The van der Waals surface area contributed by atoms with Gasteiger partial charge in [0.25, 0.3) is 0 Å². The van der Waals surface area contributed by atoms with Crippen LogP contribution < -0.4 is 14.8 Å². The van der Waals surface area contributed by atoms with Crippen LogP contribution in [0.25, 0.3) is 21.6 Å². The molecular formula is C32H35N3O7S. The van der Waals surface area contributed by atoms with Crippen molar-refractivity contribution in [2.24, 2.45) is 0 Å². The first-order valence-corrected chi connectivity index (χ1v) is 15.1. The van der Waals surface area contributed by atoms with E-state index in [0.29, 0.717) is 24.8 Å². The number of nitrogens with one attached hydrogen (secondary N) is 1. The maximum Gasteiger partial charge on any atom is 0.328 e. The van der Waals surface area contributed by atoms with Gasteiger partial charge < -0.3 is 24.3 Å². The lowest BCUT2D eigenvalue weighted by Crippen LogP contribution is -2.43.